The molecule has 0 saturated heterocycles. The lowest BCUT2D eigenvalue weighted by atomic mass is 10.3. The van der Waals surface area contributed by atoms with Crippen LogP contribution in [0.15, 0.2) is 35.3 Å². The molecule has 3 nitrogen and oxygen atoms in total. The summed E-state index contributed by atoms with van der Waals surface area (Å²) in [4.78, 5) is 11.6. The standard InChI is InChI=1S/C12H13BrClNO2/c1-8(13)7-15-12(16)9(2)17-11-6-4-3-5-10(11)14/h3-6,9H,1,7H2,2H3,(H,15,16). The molecule has 0 radical (unpaired) electrons. The fourth-order valence-electron chi connectivity index (χ4n) is 1.11. The van der Waals surface area contributed by atoms with Crippen LogP contribution in [0.4, 0.5) is 0 Å². The average molecular weight is 319 g/mol. The third-order valence-corrected chi connectivity index (χ3v) is 2.56. The van der Waals surface area contributed by atoms with Gasteiger partial charge in [-0.25, -0.2) is 0 Å². The fraction of sp³-hybridized carbons (Fsp3) is 0.250. The Bertz CT molecular complexity index is 423. The van der Waals surface area contributed by atoms with Crippen molar-refractivity contribution in [2.75, 3.05) is 6.54 Å². The molecule has 0 spiro atoms. The van der Waals surface area contributed by atoms with Crippen molar-refractivity contribution in [2.45, 2.75) is 13.0 Å². The number of ether oxygens (including phenoxy) is 1. The Morgan fingerprint density at radius 1 is 1.59 bits per heavy atom. The Labute approximate surface area is 114 Å². The minimum atomic E-state index is -0.609. The lowest BCUT2D eigenvalue weighted by Crippen LogP contribution is -2.36. The Morgan fingerprint density at radius 3 is 2.82 bits per heavy atom. The molecule has 0 aliphatic carbocycles. The second-order valence-corrected chi connectivity index (χ2v) is 4.95. The third kappa shape index (κ3) is 4.79. The predicted octanol–water partition coefficient (Wildman–Crippen LogP) is 3.13. The number of rotatable bonds is 5. The zero-order valence-corrected chi connectivity index (χ0v) is 11.7. The van der Waals surface area contributed by atoms with Crippen LogP contribution in [0.1, 0.15) is 6.92 Å². The van der Waals surface area contributed by atoms with E-state index < -0.39 is 6.10 Å². The third-order valence-electron chi connectivity index (χ3n) is 1.96. The first-order chi connectivity index (χ1) is 8.00. The van der Waals surface area contributed by atoms with E-state index in [-0.39, 0.29) is 5.91 Å². The van der Waals surface area contributed by atoms with Gasteiger partial charge < -0.3 is 10.1 Å². The molecular weight excluding hydrogens is 305 g/mol. The van der Waals surface area contributed by atoms with E-state index in [1.807, 2.05) is 0 Å². The second kappa shape index (κ2) is 6.67. The normalized spacial score (nSPS) is 11.7. The van der Waals surface area contributed by atoms with Crippen molar-refractivity contribution in [3.05, 3.63) is 40.3 Å². The molecule has 0 aromatic heterocycles. The van der Waals surface area contributed by atoms with Gasteiger partial charge in [-0.05, 0) is 19.1 Å². The van der Waals surface area contributed by atoms with Gasteiger partial charge in [0.2, 0.25) is 0 Å². The summed E-state index contributed by atoms with van der Waals surface area (Å²) < 4.78 is 6.15. The molecule has 0 fully saturated rings. The highest BCUT2D eigenvalue weighted by atomic mass is 79.9. The molecule has 0 bridgehead atoms. The van der Waals surface area contributed by atoms with Gasteiger partial charge in [0.25, 0.3) is 5.91 Å². The summed E-state index contributed by atoms with van der Waals surface area (Å²) >= 11 is 9.08. The van der Waals surface area contributed by atoms with E-state index in [2.05, 4.69) is 27.8 Å². The molecule has 17 heavy (non-hydrogen) atoms. The summed E-state index contributed by atoms with van der Waals surface area (Å²) in [5.41, 5.74) is 0. The molecule has 92 valence electrons. The van der Waals surface area contributed by atoms with Crippen molar-refractivity contribution in [1.29, 1.82) is 0 Å². The second-order valence-electron chi connectivity index (χ2n) is 3.43. The van der Waals surface area contributed by atoms with E-state index >= 15 is 0 Å². The summed E-state index contributed by atoms with van der Waals surface area (Å²) in [5, 5.41) is 3.15. The van der Waals surface area contributed by atoms with E-state index in [1.54, 1.807) is 31.2 Å². The van der Waals surface area contributed by atoms with Crippen molar-refractivity contribution in [3.8, 4) is 5.75 Å². The Balaban J connectivity index is 2.54. The SMILES string of the molecule is C=C(Br)CNC(=O)C(C)Oc1ccccc1Cl. The summed E-state index contributed by atoms with van der Waals surface area (Å²) in [6, 6.07) is 7.03. The van der Waals surface area contributed by atoms with Crippen LogP contribution in [-0.2, 0) is 4.79 Å². The average Bonchev–Trinajstić information content (AvgIpc) is 2.28. The number of para-hydroxylation sites is 1. The summed E-state index contributed by atoms with van der Waals surface area (Å²) in [7, 11) is 0. The van der Waals surface area contributed by atoms with Gasteiger partial charge in [-0.3, -0.25) is 4.79 Å². The first-order valence-electron chi connectivity index (χ1n) is 5.03. The molecule has 1 unspecified atom stereocenters. The number of amides is 1. The number of benzene rings is 1. The van der Waals surface area contributed by atoms with Crippen LogP contribution in [0.25, 0.3) is 0 Å². The van der Waals surface area contributed by atoms with Crippen LogP contribution >= 0.6 is 27.5 Å². The molecule has 1 aromatic carbocycles. The van der Waals surface area contributed by atoms with Crippen LogP contribution in [0.2, 0.25) is 5.02 Å². The quantitative estimate of drug-likeness (QED) is 0.906. The van der Waals surface area contributed by atoms with Gasteiger partial charge in [-0.15, -0.1) is 0 Å². The van der Waals surface area contributed by atoms with Crippen molar-refractivity contribution >= 4 is 33.4 Å². The fourth-order valence-corrected chi connectivity index (χ4v) is 1.43. The molecule has 5 heteroatoms. The van der Waals surface area contributed by atoms with E-state index in [9.17, 15) is 4.79 Å². The molecule has 1 rings (SSSR count). The number of halogens is 2. The molecule has 0 aliphatic heterocycles. The highest BCUT2D eigenvalue weighted by molar-refractivity contribution is 9.11. The number of nitrogens with one attached hydrogen (secondary N) is 1. The van der Waals surface area contributed by atoms with Crippen LogP contribution in [0.5, 0.6) is 5.75 Å². The number of carbonyl (C=O) groups excluding carboxylic acids is 1. The molecule has 0 saturated carbocycles. The molecular formula is C12H13BrClNO2. The molecule has 1 atom stereocenters. The van der Waals surface area contributed by atoms with Crippen molar-refractivity contribution in [3.63, 3.8) is 0 Å². The largest absolute Gasteiger partial charge is 0.479 e. The van der Waals surface area contributed by atoms with E-state index in [0.717, 1.165) is 0 Å². The first kappa shape index (κ1) is 14.1. The minimum absolute atomic E-state index is 0.217. The number of hydrogen-bond donors (Lipinski definition) is 1. The van der Waals surface area contributed by atoms with Gasteiger partial charge in [0.15, 0.2) is 6.10 Å². The van der Waals surface area contributed by atoms with Gasteiger partial charge in [-0.2, -0.15) is 0 Å². The Hall–Kier alpha value is -1.00. The van der Waals surface area contributed by atoms with Gasteiger partial charge in [0, 0.05) is 11.0 Å². The van der Waals surface area contributed by atoms with Crippen LogP contribution in [-0.4, -0.2) is 18.6 Å². The minimum Gasteiger partial charge on any atom is -0.479 e. The lowest BCUT2D eigenvalue weighted by Gasteiger charge is -2.15. The Morgan fingerprint density at radius 2 is 2.24 bits per heavy atom. The maximum absolute atomic E-state index is 11.6. The first-order valence-corrected chi connectivity index (χ1v) is 6.20. The van der Waals surface area contributed by atoms with Gasteiger partial charge in [0.05, 0.1) is 5.02 Å². The predicted molar refractivity (Wildman–Crippen MR) is 72.6 cm³/mol. The summed E-state index contributed by atoms with van der Waals surface area (Å²) in [6.45, 7) is 5.66. The smallest absolute Gasteiger partial charge is 0.261 e. The molecule has 0 heterocycles. The monoisotopic (exact) mass is 317 g/mol. The highest BCUT2D eigenvalue weighted by Crippen LogP contribution is 2.24. The van der Waals surface area contributed by atoms with E-state index in [0.29, 0.717) is 21.8 Å². The van der Waals surface area contributed by atoms with Crippen molar-refractivity contribution in [2.24, 2.45) is 0 Å². The number of carbonyl (C=O) groups is 1. The summed E-state index contributed by atoms with van der Waals surface area (Å²) in [5.74, 6) is 0.278. The lowest BCUT2D eigenvalue weighted by molar-refractivity contribution is -0.127. The van der Waals surface area contributed by atoms with E-state index in [4.69, 9.17) is 16.3 Å². The topological polar surface area (TPSA) is 38.3 Å². The number of hydrogen-bond acceptors (Lipinski definition) is 2. The van der Waals surface area contributed by atoms with Crippen LogP contribution in [0, 0.1) is 0 Å². The van der Waals surface area contributed by atoms with Gasteiger partial charge in [-0.1, -0.05) is 46.2 Å². The molecule has 1 aromatic rings. The van der Waals surface area contributed by atoms with Gasteiger partial charge in [0.1, 0.15) is 5.75 Å². The van der Waals surface area contributed by atoms with Crippen LogP contribution < -0.4 is 10.1 Å². The van der Waals surface area contributed by atoms with E-state index in [1.165, 1.54) is 0 Å². The highest BCUT2D eigenvalue weighted by Gasteiger charge is 2.15. The maximum atomic E-state index is 11.6. The summed E-state index contributed by atoms with van der Waals surface area (Å²) in [6.07, 6.45) is -0.609. The molecule has 1 N–H and O–H groups in total. The van der Waals surface area contributed by atoms with Crippen molar-refractivity contribution in [1.82, 2.24) is 5.32 Å². The zero-order valence-electron chi connectivity index (χ0n) is 9.37. The zero-order chi connectivity index (χ0) is 12.8. The Kier molecular flexibility index (Phi) is 5.51. The molecule has 0 aliphatic rings. The van der Waals surface area contributed by atoms with Gasteiger partial charge >= 0.3 is 0 Å². The van der Waals surface area contributed by atoms with Crippen molar-refractivity contribution < 1.29 is 9.53 Å². The maximum Gasteiger partial charge on any atom is 0.261 e. The van der Waals surface area contributed by atoms with Crippen LogP contribution in [0.3, 0.4) is 0 Å². The molecule has 1 amide bonds.